The van der Waals surface area contributed by atoms with Gasteiger partial charge in [0, 0.05) is 11.9 Å². The fraction of sp³-hybridized carbons (Fsp3) is 0.182. The third kappa shape index (κ3) is 2.04. The molecule has 0 bridgehead atoms. The van der Waals surface area contributed by atoms with E-state index in [4.69, 9.17) is 11.6 Å². The molecule has 3 aromatic rings. The van der Waals surface area contributed by atoms with Crippen molar-refractivity contribution in [1.82, 2.24) is 20.2 Å². The lowest BCUT2D eigenvalue weighted by atomic mass is 10.3. The Morgan fingerprint density at radius 3 is 3.11 bits per heavy atom. The predicted molar refractivity (Wildman–Crippen MR) is 73.1 cm³/mol. The predicted octanol–water partition coefficient (Wildman–Crippen LogP) is 2.70. The molecular formula is C11H10ClN5S. The summed E-state index contributed by atoms with van der Waals surface area (Å²) in [6.07, 6.45) is 1.71. The molecule has 0 fully saturated rings. The Hall–Kier alpha value is -1.66. The molecule has 0 aliphatic rings. The van der Waals surface area contributed by atoms with Gasteiger partial charge in [-0.25, -0.2) is 0 Å². The summed E-state index contributed by atoms with van der Waals surface area (Å²) >= 11 is 7.63. The molecule has 0 aliphatic carbocycles. The summed E-state index contributed by atoms with van der Waals surface area (Å²) in [7, 11) is 1.98. The van der Waals surface area contributed by atoms with Crippen LogP contribution >= 0.6 is 22.9 Å². The second-order valence-electron chi connectivity index (χ2n) is 3.88. The second-order valence-corrected chi connectivity index (χ2v) is 5.25. The molecule has 92 valence electrons. The smallest absolute Gasteiger partial charge is 0.226 e. The molecule has 7 heteroatoms. The minimum Gasteiger partial charge on any atom is -0.354 e. The number of halogens is 1. The number of aromatic amines is 1. The molecule has 0 aromatic carbocycles. The van der Waals surface area contributed by atoms with Gasteiger partial charge in [-0.1, -0.05) is 6.07 Å². The SMILES string of the molecule is CN(Cc1cccs1)c1nc(Cl)nc2[nH]ncc12. The summed E-state index contributed by atoms with van der Waals surface area (Å²) in [6, 6.07) is 4.13. The summed E-state index contributed by atoms with van der Waals surface area (Å²) in [5.74, 6) is 0.784. The van der Waals surface area contributed by atoms with Crippen LogP contribution in [0, 0.1) is 0 Å². The minimum absolute atomic E-state index is 0.222. The van der Waals surface area contributed by atoms with Gasteiger partial charge in [-0.2, -0.15) is 15.1 Å². The number of H-pyrrole nitrogens is 1. The summed E-state index contributed by atoms with van der Waals surface area (Å²) in [4.78, 5) is 11.7. The maximum atomic E-state index is 5.91. The lowest BCUT2D eigenvalue weighted by Crippen LogP contribution is -2.17. The van der Waals surface area contributed by atoms with Crippen molar-refractivity contribution in [3.8, 4) is 0 Å². The third-order valence-corrected chi connectivity index (χ3v) is 3.63. The molecule has 0 aliphatic heterocycles. The fourth-order valence-electron chi connectivity index (χ4n) is 1.80. The maximum Gasteiger partial charge on any atom is 0.226 e. The van der Waals surface area contributed by atoms with Crippen molar-refractivity contribution in [2.45, 2.75) is 6.54 Å². The van der Waals surface area contributed by atoms with Crippen LogP contribution < -0.4 is 4.90 Å². The number of nitrogens with one attached hydrogen (secondary N) is 1. The van der Waals surface area contributed by atoms with Crippen LogP contribution in [0.15, 0.2) is 23.7 Å². The van der Waals surface area contributed by atoms with Gasteiger partial charge in [-0.05, 0) is 23.0 Å². The number of hydrogen-bond donors (Lipinski definition) is 1. The van der Waals surface area contributed by atoms with Crippen LogP contribution in [0.1, 0.15) is 4.88 Å². The molecule has 0 amide bonds. The van der Waals surface area contributed by atoms with Crippen LogP contribution in [0.25, 0.3) is 11.0 Å². The summed E-state index contributed by atoms with van der Waals surface area (Å²) in [6.45, 7) is 0.783. The molecule has 1 N–H and O–H groups in total. The summed E-state index contributed by atoms with van der Waals surface area (Å²) in [5.41, 5.74) is 0.656. The van der Waals surface area contributed by atoms with E-state index in [9.17, 15) is 0 Å². The van der Waals surface area contributed by atoms with Gasteiger partial charge in [-0.15, -0.1) is 11.3 Å². The van der Waals surface area contributed by atoms with E-state index in [-0.39, 0.29) is 5.28 Å². The van der Waals surface area contributed by atoms with Gasteiger partial charge in [0.15, 0.2) is 5.65 Å². The normalized spacial score (nSPS) is 11.0. The van der Waals surface area contributed by atoms with Gasteiger partial charge >= 0.3 is 0 Å². The number of aromatic nitrogens is 4. The van der Waals surface area contributed by atoms with E-state index in [1.807, 2.05) is 18.0 Å². The van der Waals surface area contributed by atoms with Gasteiger partial charge in [0.05, 0.1) is 18.1 Å². The van der Waals surface area contributed by atoms with Crippen molar-refractivity contribution in [3.05, 3.63) is 33.9 Å². The Balaban J connectivity index is 2.00. The fourth-order valence-corrected chi connectivity index (χ4v) is 2.72. The van der Waals surface area contributed by atoms with E-state index in [0.717, 1.165) is 17.7 Å². The Kier molecular flexibility index (Phi) is 2.89. The molecule has 3 aromatic heterocycles. The first-order valence-electron chi connectivity index (χ1n) is 5.34. The number of fused-ring (bicyclic) bond motifs is 1. The molecule has 0 radical (unpaired) electrons. The zero-order valence-electron chi connectivity index (χ0n) is 9.59. The molecule has 0 atom stereocenters. The minimum atomic E-state index is 0.222. The van der Waals surface area contributed by atoms with Crippen molar-refractivity contribution < 1.29 is 0 Å². The van der Waals surface area contributed by atoms with E-state index >= 15 is 0 Å². The number of hydrogen-bond acceptors (Lipinski definition) is 5. The molecule has 0 unspecified atom stereocenters. The van der Waals surface area contributed by atoms with Gasteiger partial charge in [0.2, 0.25) is 5.28 Å². The Morgan fingerprint density at radius 2 is 2.33 bits per heavy atom. The molecular weight excluding hydrogens is 270 g/mol. The van der Waals surface area contributed by atoms with Gasteiger partial charge in [-0.3, -0.25) is 5.10 Å². The van der Waals surface area contributed by atoms with Gasteiger partial charge in [0.25, 0.3) is 0 Å². The Labute approximate surface area is 112 Å². The van der Waals surface area contributed by atoms with Gasteiger partial charge in [0.1, 0.15) is 5.82 Å². The topological polar surface area (TPSA) is 57.7 Å². The molecule has 0 saturated carbocycles. The van der Waals surface area contributed by atoms with E-state index < -0.39 is 0 Å². The van der Waals surface area contributed by atoms with Crippen LogP contribution in [-0.4, -0.2) is 27.2 Å². The van der Waals surface area contributed by atoms with E-state index in [1.165, 1.54) is 4.88 Å². The molecule has 0 spiro atoms. The maximum absolute atomic E-state index is 5.91. The van der Waals surface area contributed by atoms with Crippen LogP contribution in [0.4, 0.5) is 5.82 Å². The quantitative estimate of drug-likeness (QED) is 0.749. The zero-order valence-corrected chi connectivity index (χ0v) is 11.2. The number of rotatable bonds is 3. The monoisotopic (exact) mass is 279 g/mol. The van der Waals surface area contributed by atoms with Crippen molar-refractivity contribution in [2.75, 3.05) is 11.9 Å². The highest BCUT2D eigenvalue weighted by atomic mass is 35.5. The Bertz CT molecular complexity index is 663. The first-order valence-corrected chi connectivity index (χ1v) is 6.60. The first-order chi connectivity index (χ1) is 8.74. The summed E-state index contributed by atoms with van der Waals surface area (Å²) < 4.78 is 0. The van der Waals surface area contributed by atoms with Crippen LogP contribution in [0.3, 0.4) is 0 Å². The Morgan fingerprint density at radius 1 is 1.44 bits per heavy atom. The van der Waals surface area contributed by atoms with Crippen molar-refractivity contribution in [3.63, 3.8) is 0 Å². The first kappa shape index (κ1) is 11.4. The summed E-state index contributed by atoms with van der Waals surface area (Å²) in [5, 5.41) is 9.93. The molecule has 18 heavy (non-hydrogen) atoms. The van der Waals surface area contributed by atoms with E-state index in [0.29, 0.717) is 5.65 Å². The molecule has 3 rings (SSSR count). The second kappa shape index (κ2) is 4.55. The standard InChI is InChI=1S/C11H10ClN5S/c1-17(6-7-3-2-4-18-7)10-8-5-13-16-9(8)14-11(12)15-10/h2-5H,6H2,1H3,(H,13,14,15,16). The highest BCUT2D eigenvalue weighted by Gasteiger charge is 2.13. The number of anilines is 1. The molecule has 0 saturated heterocycles. The number of nitrogens with zero attached hydrogens (tertiary/aromatic N) is 4. The highest BCUT2D eigenvalue weighted by Crippen LogP contribution is 2.24. The van der Waals surface area contributed by atoms with Crippen LogP contribution in [-0.2, 0) is 6.54 Å². The zero-order chi connectivity index (χ0) is 12.5. The number of thiophene rings is 1. The molecule has 3 heterocycles. The van der Waals surface area contributed by atoms with Crippen LogP contribution in [0.2, 0.25) is 5.28 Å². The van der Waals surface area contributed by atoms with Crippen molar-refractivity contribution in [2.24, 2.45) is 0 Å². The van der Waals surface area contributed by atoms with E-state index in [2.05, 4.69) is 31.6 Å². The van der Waals surface area contributed by atoms with Gasteiger partial charge < -0.3 is 4.90 Å². The van der Waals surface area contributed by atoms with Crippen LogP contribution in [0.5, 0.6) is 0 Å². The average molecular weight is 280 g/mol. The van der Waals surface area contributed by atoms with Crippen molar-refractivity contribution in [1.29, 1.82) is 0 Å². The largest absolute Gasteiger partial charge is 0.354 e. The lowest BCUT2D eigenvalue weighted by molar-refractivity contribution is 0.915. The third-order valence-electron chi connectivity index (χ3n) is 2.60. The van der Waals surface area contributed by atoms with E-state index in [1.54, 1.807) is 17.5 Å². The van der Waals surface area contributed by atoms with Crippen molar-refractivity contribution >= 4 is 39.8 Å². The highest BCUT2D eigenvalue weighted by molar-refractivity contribution is 7.09. The molecule has 5 nitrogen and oxygen atoms in total. The average Bonchev–Trinajstić information content (AvgIpc) is 2.97. The lowest BCUT2D eigenvalue weighted by Gasteiger charge is -2.17.